The molecule has 124 valence electrons. The maximum Gasteiger partial charge on any atom is 0.270 e. The van der Waals surface area contributed by atoms with Crippen molar-refractivity contribution in [3.8, 4) is 5.75 Å². The molecule has 0 saturated heterocycles. The van der Waals surface area contributed by atoms with Crippen molar-refractivity contribution in [2.24, 2.45) is 0 Å². The Morgan fingerprint density at radius 1 is 1.42 bits per heavy atom. The molecule has 0 fully saturated rings. The molecule has 3 heterocycles. The van der Waals surface area contributed by atoms with Crippen molar-refractivity contribution in [2.45, 2.75) is 20.4 Å². The standard InChI is InChI=1S/C17H19N5O2/c1-3-24-13-5-4-8-22-15(11(2)21-16(13)22)17(23)20-10-12-6-7-19-14(18)9-12/h4-9H,3,10H2,1-2H3,(H2,18,19)(H,20,23). The largest absolute Gasteiger partial charge is 0.490 e. The van der Waals surface area contributed by atoms with Crippen molar-refractivity contribution in [3.05, 3.63) is 53.6 Å². The number of aromatic nitrogens is 3. The van der Waals surface area contributed by atoms with Crippen LogP contribution in [0.3, 0.4) is 0 Å². The van der Waals surface area contributed by atoms with Gasteiger partial charge in [0.25, 0.3) is 5.91 Å². The van der Waals surface area contributed by atoms with Crippen molar-refractivity contribution >= 4 is 17.4 Å². The van der Waals surface area contributed by atoms with E-state index >= 15 is 0 Å². The van der Waals surface area contributed by atoms with Gasteiger partial charge in [-0.25, -0.2) is 9.97 Å². The number of amides is 1. The van der Waals surface area contributed by atoms with Gasteiger partial charge in [0, 0.05) is 18.9 Å². The number of anilines is 1. The highest BCUT2D eigenvalue weighted by Crippen LogP contribution is 2.22. The summed E-state index contributed by atoms with van der Waals surface area (Å²) in [6.07, 6.45) is 3.42. The molecule has 0 aliphatic carbocycles. The molecule has 3 aromatic rings. The molecule has 0 saturated carbocycles. The molecule has 0 aliphatic rings. The second kappa shape index (κ2) is 6.57. The molecule has 24 heavy (non-hydrogen) atoms. The van der Waals surface area contributed by atoms with Crippen LogP contribution in [-0.2, 0) is 6.54 Å². The summed E-state index contributed by atoms with van der Waals surface area (Å²) in [5.74, 6) is 0.877. The summed E-state index contributed by atoms with van der Waals surface area (Å²) in [5.41, 5.74) is 8.31. The van der Waals surface area contributed by atoms with Gasteiger partial charge < -0.3 is 15.8 Å². The first-order valence-electron chi connectivity index (χ1n) is 7.69. The molecule has 0 aromatic carbocycles. The molecule has 0 radical (unpaired) electrons. The lowest BCUT2D eigenvalue weighted by molar-refractivity contribution is 0.0944. The van der Waals surface area contributed by atoms with E-state index in [0.29, 0.717) is 41.8 Å². The zero-order valence-electron chi connectivity index (χ0n) is 13.6. The first-order chi connectivity index (χ1) is 11.6. The minimum Gasteiger partial charge on any atom is -0.490 e. The van der Waals surface area contributed by atoms with Gasteiger partial charge >= 0.3 is 0 Å². The fraction of sp³-hybridized carbons (Fsp3) is 0.235. The molecule has 0 aliphatic heterocycles. The number of ether oxygens (including phenoxy) is 1. The molecule has 7 heteroatoms. The summed E-state index contributed by atoms with van der Waals surface area (Å²) in [6.45, 7) is 4.62. The molecule has 0 unspecified atom stereocenters. The van der Waals surface area contributed by atoms with Crippen LogP contribution < -0.4 is 15.8 Å². The quantitative estimate of drug-likeness (QED) is 0.747. The third-order valence-corrected chi connectivity index (χ3v) is 3.60. The van der Waals surface area contributed by atoms with Gasteiger partial charge in [0.15, 0.2) is 11.4 Å². The van der Waals surface area contributed by atoms with E-state index in [4.69, 9.17) is 10.5 Å². The van der Waals surface area contributed by atoms with Crippen LogP contribution in [0.25, 0.3) is 5.65 Å². The van der Waals surface area contributed by atoms with Crippen molar-refractivity contribution in [2.75, 3.05) is 12.3 Å². The van der Waals surface area contributed by atoms with Gasteiger partial charge in [0.2, 0.25) is 0 Å². The summed E-state index contributed by atoms with van der Waals surface area (Å²) in [6, 6.07) is 7.21. The third-order valence-electron chi connectivity index (χ3n) is 3.60. The van der Waals surface area contributed by atoms with Gasteiger partial charge in [0.05, 0.1) is 12.3 Å². The van der Waals surface area contributed by atoms with Crippen LogP contribution in [0.5, 0.6) is 5.75 Å². The highest BCUT2D eigenvalue weighted by molar-refractivity contribution is 5.94. The van der Waals surface area contributed by atoms with E-state index in [1.54, 1.807) is 22.9 Å². The summed E-state index contributed by atoms with van der Waals surface area (Å²) < 4.78 is 7.32. The Balaban J connectivity index is 1.87. The van der Waals surface area contributed by atoms with Crippen LogP contribution in [-0.4, -0.2) is 26.9 Å². The minimum atomic E-state index is -0.205. The van der Waals surface area contributed by atoms with Gasteiger partial charge in [-0.3, -0.25) is 9.20 Å². The van der Waals surface area contributed by atoms with Crippen LogP contribution in [0.1, 0.15) is 28.7 Å². The normalized spacial score (nSPS) is 10.8. The van der Waals surface area contributed by atoms with E-state index in [-0.39, 0.29) is 5.91 Å². The number of rotatable bonds is 5. The number of pyridine rings is 2. The van der Waals surface area contributed by atoms with Crippen LogP contribution in [0, 0.1) is 6.92 Å². The Morgan fingerprint density at radius 3 is 3.00 bits per heavy atom. The molecular formula is C17H19N5O2. The smallest absolute Gasteiger partial charge is 0.270 e. The monoisotopic (exact) mass is 325 g/mol. The van der Waals surface area contributed by atoms with E-state index in [1.807, 2.05) is 32.0 Å². The zero-order chi connectivity index (χ0) is 17.1. The number of hydrogen-bond acceptors (Lipinski definition) is 5. The lowest BCUT2D eigenvalue weighted by Gasteiger charge is -2.08. The van der Waals surface area contributed by atoms with Crippen molar-refractivity contribution in [3.63, 3.8) is 0 Å². The summed E-state index contributed by atoms with van der Waals surface area (Å²) in [7, 11) is 0. The molecule has 1 amide bonds. The highest BCUT2D eigenvalue weighted by atomic mass is 16.5. The topological polar surface area (TPSA) is 94.5 Å². The number of nitrogens with zero attached hydrogens (tertiary/aromatic N) is 3. The number of hydrogen-bond donors (Lipinski definition) is 2. The first-order valence-corrected chi connectivity index (χ1v) is 7.69. The van der Waals surface area contributed by atoms with E-state index in [2.05, 4.69) is 15.3 Å². The van der Waals surface area contributed by atoms with Crippen LogP contribution >= 0.6 is 0 Å². The second-order valence-corrected chi connectivity index (χ2v) is 5.32. The fourth-order valence-corrected chi connectivity index (χ4v) is 2.57. The fourth-order valence-electron chi connectivity index (χ4n) is 2.57. The molecule has 0 bridgehead atoms. The first kappa shape index (κ1) is 15.8. The van der Waals surface area contributed by atoms with E-state index in [1.165, 1.54) is 0 Å². The van der Waals surface area contributed by atoms with E-state index in [9.17, 15) is 4.79 Å². The number of carbonyl (C=O) groups is 1. The number of fused-ring (bicyclic) bond motifs is 1. The Morgan fingerprint density at radius 2 is 2.25 bits per heavy atom. The summed E-state index contributed by atoms with van der Waals surface area (Å²) >= 11 is 0. The average Bonchev–Trinajstić information content (AvgIpc) is 2.90. The van der Waals surface area contributed by atoms with Crippen LogP contribution in [0.4, 0.5) is 5.82 Å². The number of nitrogens with two attached hydrogens (primary N) is 1. The molecule has 0 spiro atoms. The Labute approximate surface area is 139 Å². The van der Waals surface area contributed by atoms with Gasteiger partial charge in [-0.05, 0) is 43.7 Å². The molecule has 3 rings (SSSR count). The van der Waals surface area contributed by atoms with Gasteiger partial charge in [-0.1, -0.05) is 0 Å². The van der Waals surface area contributed by atoms with E-state index < -0.39 is 0 Å². The van der Waals surface area contributed by atoms with Gasteiger partial charge in [-0.2, -0.15) is 0 Å². The average molecular weight is 325 g/mol. The second-order valence-electron chi connectivity index (χ2n) is 5.32. The van der Waals surface area contributed by atoms with Crippen LogP contribution in [0.2, 0.25) is 0 Å². The van der Waals surface area contributed by atoms with Gasteiger partial charge in [-0.15, -0.1) is 0 Å². The lowest BCUT2D eigenvalue weighted by Crippen LogP contribution is -2.25. The molecule has 7 nitrogen and oxygen atoms in total. The zero-order valence-corrected chi connectivity index (χ0v) is 13.6. The maximum atomic E-state index is 12.6. The van der Waals surface area contributed by atoms with Crippen molar-refractivity contribution in [1.82, 2.24) is 19.7 Å². The van der Waals surface area contributed by atoms with E-state index in [0.717, 1.165) is 5.56 Å². The third kappa shape index (κ3) is 3.01. The number of carbonyl (C=O) groups excluding carboxylic acids is 1. The maximum absolute atomic E-state index is 12.6. The predicted molar refractivity (Wildman–Crippen MR) is 90.9 cm³/mol. The van der Waals surface area contributed by atoms with Gasteiger partial charge in [0.1, 0.15) is 11.5 Å². The molecule has 3 N–H and O–H groups in total. The molecule has 3 aromatic heterocycles. The number of nitrogen functional groups attached to an aromatic ring is 1. The Kier molecular flexibility index (Phi) is 4.33. The summed E-state index contributed by atoms with van der Waals surface area (Å²) in [5, 5.41) is 2.89. The number of imidazole rings is 1. The number of nitrogens with one attached hydrogen (secondary N) is 1. The SMILES string of the molecule is CCOc1cccn2c(C(=O)NCc3ccnc(N)c3)c(C)nc12. The lowest BCUT2D eigenvalue weighted by atomic mass is 10.2. The van der Waals surface area contributed by atoms with Crippen LogP contribution in [0.15, 0.2) is 36.7 Å². The minimum absolute atomic E-state index is 0.205. The highest BCUT2D eigenvalue weighted by Gasteiger charge is 2.18. The number of aryl methyl sites for hydroxylation is 1. The molecular weight excluding hydrogens is 306 g/mol. The van der Waals surface area contributed by atoms with Crippen molar-refractivity contribution < 1.29 is 9.53 Å². The Bertz CT molecular complexity index is 888. The molecule has 0 atom stereocenters. The Hall–Kier alpha value is -3.09. The predicted octanol–water partition coefficient (Wildman–Crippen LogP) is 1.95. The van der Waals surface area contributed by atoms with Crippen molar-refractivity contribution in [1.29, 1.82) is 0 Å². The summed E-state index contributed by atoms with van der Waals surface area (Å²) in [4.78, 5) is 21.0.